The van der Waals surface area contributed by atoms with Gasteiger partial charge in [-0.1, -0.05) is 6.92 Å². The summed E-state index contributed by atoms with van der Waals surface area (Å²) in [5.74, 6) is -0.0546. The van der Waals surface area contributed by atoms with Gasteiger partial charge in [-0.2, -0.15) is 0 Å². The monoisotopic (exact) mass is 321 g/mol. The topological polar surface area (TPSA) is 104 Å². The van der Waals surface area contributed by atoms with Gasteiger partial charge in [0.25, 0.3) is 0 Å². The first-order valence-electron chi connectivity index (χ1n) is 6.05. The molecule has 0 amide bonds. The molecular weight excluding hydrogens is 302 g/mol. The molecule has 9 heteroatoms. The molecule has 20 heavy (non-hydrogen) atoms. The third-order valence-electron chi connectivity index (χ3n) is 2.51. The fraction of sp³-hybridized carbons (Fsp3) is 0.455. The van der Waals surface area contributed by atoms with E-state index in [1.165, 1.54) is 19.2 Å². The third kappa shape index (κ3) is 5.08. The number of nitrogens with one attached hydrogen (secondary N) is 3. The van der Waals surface area contributed by atoms with Crippen LogP contribution in [0.2, 0.25) is 0 Å². The van der Waals surface area contributed by atoms with Crippen LogP contribution in [0.25, 0.3) is 0 Å². The molecule has 0 aliphatic heterocycles. The zero-order valence-corrected chi connectivity index (χ0v) is 13.0. The molecule has 0 unspecified atom stereocenters. The number of anilines is 1. The van der Waals surface area contributed by atoms with Gasteiger partial charge >= 0.3 is 0 Å². The highest BCUT2D eigenvalue weighted by Gasteiger charge is 2.12. The van der Waals surface area contributed by atoms with Crippen LogP contribution in [-0.2, 0) is 20.0 Å². The lowest BCUT2D eigenvalue weighted by atomic mass is 10.3. The third-order valence-corrected chi connectivity index (χ3v) is 5.43. The smallest absolute Gasteiger partial charge is 0.240 e. The highest BCUT2D eigenvalue weighted by atomic mass is 32.2. The van der Waals surface area contributed by atoms with Gasteiger partial charge in [-0.25, -0.2) is 26.3 Å². The molecule has 1 aromatic rings. The minimum absolute atomic E-state index is 0.0546. The van der Waals surface area contributed by atoms with Gasteiger partial charge in [-0.3, -0.25) is 0 Å². The minimum atomic E-state index is -3.46. The van der Waals surface area contributed by atoms with E-state index in [1.807, 2.05) is 0 Å². The summed E-state index contributed by atoms with van der Waals surface area (Å²) >= 11 is 0. The summed E-state index contributed by atoms with van der Waals surface area (Å²) in [7, 11) is -5.35. The van der Waals surface area contributed by atoms with E-state index in [9.17, 15) is 16.8 Å². The van der Waals surface area contributed by atoms with Crippen LogP contribution in [0.4, 0.5) is 5.69 Å². The Morgan fingerprint density at radius 1 is 1.05 bits per heavy atom. The SMILES string of the molecule is CCNS(=O)(=O)c1ccc(NCCS(=O)(=O)NC)cc1. The van der Waals surface area contributed by atoms with E-state index in [0.29, 0.717) is 12.2 Å². The normalized spacial score (nSPS) is 12.3. The van der Waals surface area contributed by atoms with E-state index in [2.05, 4.69) is 14.8 Å². The molecule has 0 saturated carbocycles. The van der Waals surface area contributed by atoms with Crippen molar-refractivity contribution in [2.24, 2.45) is 0 Å². The molecule has 114 valence electrons. The molecule has 0 saturated heterocycles. The van der Waals surface area contributed by atoms with Crippen molar-refractivity contribution in [3.8, 4) is 0 Å². The quantitative estimate of drug-likeness (QED) is 0.622. The predicted octanol–water partition coefficient (Wildman–Crippen LogP) is -0.0541. The highest BCUT2D eigenvalue weighted by molar-refractivity contribution is 7.89. The van der Waals surface area contributed by atoms with E-state index in [0.717, 1.165) is 0 Å². The van der Waals surface area contributed by atoms with Crippen LogP contribution in [0.3, 0.4) is 0 Å². The van der Waals surface area contributed by atoms with Crippen molar-refractivity contribution in [2.75, 3.05) is 31.2 Å². The van der Waals surface area contributed by atoms with Gasteiger partial charge in [0.15, 0.2) is 0 Å². The molecule has 0 heterocycles. The Morgan fingerprint density at radius 3 is 2.15 bits per heavy atom. The lowest BCUT2D eigenvalue weighted by Crippen LogP contribution is -2.26. The summed E-state index contributed by atoms with van der Waals surface area (Å²) in [5.41, 5.74) is 0.659. The summed E-state index contributed by atoms with van der Waals surface area (Å²) < 4.78 is 50.4. The van der Waals surface area contributed by atoms with Gasteiger partial charge < -0.3 is 5.32 Å². The van der Waals surface area contributed by atoms with Crippen molar-refractivity contribution in [2.45, 2.75) is 11.8 Å². The molecule has 0 aliphatic carbocycles. The number of rotatable bonds is 8. The Hall–Kier alpha value is -1.16. The summed E-state index contributed by atoms with van der Waals surface area (Å²) in [6.45, 7) is 2.27. The van der Waals surface area contributed by atoms with Crippen LogP contribution < -0.4 is 14.8 Å². The lowest BCUT2D eigenvalue weighted by Gasteiger charge is -2.08. The maximum atomic E-state index is 11.7. The largest absolute Gasteiger partial charge is 0.384 e. The minimum Gasteiger partial charge on any atom is -0.384 e. The van der Waals surface area contributed by atoms with Gasteiger partial charge in [0.05, 0.1) is 10.6 Å². The zero-order chi connectivity index (χ0) is 15.2. The van der Waals surface area contributed by atoms with E-state index < -0.39 is 20.0 Å². The Balaban J connectivity index is 2.64. The lowest BCUT2D eigenvalue weighted by molar-refractivity contribution is 0.583. The van der Waals surface area contributed by atoms with Crippen LogP contribution >= 0.6 is 0 Å². The number of hydrogen-bond acceptors (Lipinski definition) is 5. The van der Waals surface area contributed by atoms with E-state index in [-0.39, 0.29) is 17.2 Å². The second-order valence-corrected chi connectivity index (χ2v) is 7.79. The molecule has 0 bridgehead atoms. The van der Waals surface area contributed by atoms with Crippen LogP contribution in [0, 0.1) is 0 Å². The summed E-state index contributed by atoms with van der Waals surface area (Å²) in [6, 6.07) is 6.12. The molecule has 0 spiro atoms. The van der Waals surface area contributed by atoms with Crippen molar-refractivity contribution >= 4 is 25.7 Å². The van der Waals surface area contributed by atoms with Gasteiger partial charge in [0.1, 0.15) is 0 Å². The van der Waals surface area contributed by atoms with Crippen molar-refractivity contribution in [1.29, 1.82) is 0 Å². The second kappa shape index (κ2) is 7.02. The maximum absolute atomic E-state index is 11.7. The first-order valence-corrected chi connectivity index (χ1v) is 9.19. The average molecular weight is 321 g/mol. The number of sulfonamides is 2. The maximum Gasteiger partial charge on any atom is 0.240 e. The van der Waals surface area contributed by atoms with Gasteiger partial charge in [-0.05, 0) is 31.3 Å². The van der Waals surface area contributed by atoms with Crippen LogP contribution in [0.15, 0.2) is 29.2 Å². The Kier molecular flexibility index (Phi) is 5.93. The Bertz CT molecular complexity index is 624. The van der Waals surface area contributed by atoms with Gasteiger partial charge in [-0.15, -0.1) is 0 Å². The molecule has 0 aliphatic rings. The summed E-state index contributed by atoms with van der Waals surface area (Å²) in [6.07, 6.45) is 0. The first kappa shape index (κ1) is 16.9. The Morgan fingerprint density at radius 2 is 1.65 bits per heavy atom. The average Bonchev–Trinajstić information content (AvgIpc) is 2.39. The molecule has 0 radical (unpaired) electrons. The Labute approximate surface area is 119 Å². The molecule has 3 N–H and O–H groups in total. The fourth-order valence-electron chi connectivity index (χ4n) is 1.46. The van der Waals surface area contributed by atoms with Crippen LogP contribution in [-0.4, -0.2) is 42.7 Å². The van der Waals surface area contributed by atoms with Crippen LogP contribution in [0.5, 0.6) is 0 Å². The first-order chi connectivity index (χ1) is 9.30. The van der Waals surface area contributed by atoms with Crippen LogP contribution in [0.1, 0.15) is 6.92 Å². The fourth-order valence-corrected chi connectivity index (χ4v) is 3.07. The molecule has 0 atom stereocenters. The molecule has 0 fully saturated rings. The summed E-state index contributed by atoms with van der Waals surface area (Å²) in [4.78, 5) is 0.174. The van der Waals surface area contributed by atoms with Crippen molar-refractivity contribution in [3.05, 3.63) is 24.3 Å². The van der Waals surface area contributed by atoms with E-state index in [1.54, 1.807) is 19.1 Å². The standard InChI is InChI=1S/C11H19N3O4S2/c1-3-14-20(17,18)11-6-4-10(5-7-11)13-8-9-19(15,16)12-2/h4-7,12-14H,3,8-9H2,1-2H3. The van der Waals surface area contributed by atoms with Crippen molar-refractivity contribution < 1.29 is 16.8 Å². The van der Waals surface area contributed by atoms with Crippen molar-refractivity contribution in [3.63, 3.8) is 0 Å². The molecule has 1 rings (SSSR count). The molecule has 1 aromatic carbocycles. The second-order valence-electron chi connectivity index (χ2n) is 3.98. The van der Waals surface area contributed by atoms with Gasteiger partial charge in [0, 0.05) is 18.8 Å². The van der Waals surface area contributed by atoms with Gasteiger partial charge in [0.2, 0.25) is 20.0 Å². The predicted molar refractivity (Wildman–Crippen MR) is 78.6 cm³/mol. The molecular formula is C11H19N3O4S2. The molecule has 0 aromatic heterocycles. The number of hydrogen-bond donors (Lipinski definition) is 3. The molecule has 7 nitrogen and oxygen atoms in total. The van der Waals surface area contributed by atoms with E-state index >= 15 is 0 Å². The number of benzene rings is 1. The highest BCUT2D eigenvalue weighted by Crippen LogP contribution is 2.13. The van der Waals surface area contributed by atoms with Crippen molar-refractivity contribution in [1.82, 2.24) is 9.44 Å². The van der Waals surface area contributed by atoms with E-state index in [4.69, 9.17) is 0 Å². The summed E-state index contributed by atoms with van der Waals surface area (Å²) in [5, 5.41) is 2.91. The zero-order valence-electron chi connectivity index (χ0n) is 11.4.